The van der Waals surface area contributed by atoms with E-state index in [4.69, 9.17) is 4.42 Å². The molecule has 0 unspecified atom stereocenters. The average Bonchev–Trinajstić information content (AvgIpc) is 3.17. The third-order valence-electron chi connectivity index (χ3n) is 4.83. The summed E-state index contributed by atoms with van der Waals surface area (Å²) in [6, 6.07) is 11.3. The smallest absolute Gasteiger partial charge is 0.246 e. The van der Waals surface area contributed by atoms with Gasteiger partial charge in [-0.05, 0) is 36.4 Å². The van der Waals surface area contributed by atoms with Gasteiger partial charge in [0.2, 0.25) is 15.9 Å². The molecule has 0 atom stereocenters. The predicted octanol–water partition coefficient (Wildman–Crippen LogP) is 3.13. The van der Waals surface area contributed by atoms with Crippen LogP contribution in [0.5, 0.6) is 0 Å². The lowest BCUT2D eigenvalue weighted by Gasteiger charge is -2.33. The molecule has 6 nitrogen and oxygen atoms in total. The van der Waals surface area contributed by atoms with Gasteiger partial charge in [-0.3, -0.25) is 4.90 Å². The van der Waals surface area contributed by atoms with Crippen molar-refractivity contribution in [2.45, 2.75) is 11.4 Å². The molecule has 9 heteroatoms. The van der Waals surface area contributed by atoms with Crippen LogP contribution in [0.2, 0.25) is 0 Å². The molecule has 1 saturated heterocycles. The highest BCUT2D eigenvalue weighted by atomic mass is 32.2. The van der Waals surface area contributed by atoms with E-state index in [0.717, 1.165) is 11.6 Å². The van der Waals surface area contributed by atoms with Crippen molar-refractivity contribution in [3.8, 4) is 11.3 Å². The quantitative estimate of drug-likeness (QED) is 0.636. The van der Waals surface area contributed by atoms with Crippen LogP contribution in [-0.4, -0.2) is 48.8 Å². The van der Waals surface area contributed by atoms with Crippen LogP contribution in [0.3, 0.4) is 0 Å². The van der Waals surface area contributed by atoms with E-state index in [-0.39, 0.29) is 23.8 Å². The Morgan fingerprint density at radius 1 is 0.966 bits per heavy atom. The number of hydrogen-bond donors (Lipinski definition) is 0. The first-order chi connectivity index (χ1) is 13.9. The summed E-state index contributed by atoms with van der Waals surface area (Å²) in [6.45, 7) is 1.88. The number of rotatable bonds is 5. The summed E-state index contributed by atoms with van der Waals surface area (Å²) in [4.78, 5) is 5.97. The van der Waals surface area contributed by atoms with E-state index < -0.39 is 15.8 Å². The number of benzene rings is 2. The van der Waals surface area contributed by atoms with Gasteiger partial charge in [0.15, 0.2) is 5.76 Å². The second-order valence-corrected chi connectivity index (χ2v) is 8.64. The summed E-state index contributed by atoms with van der Waals surface area (Å²) in [5.41, 5.74) is 0.728. The van der Waals surface area contributed by atoms with E-state index in [1.165, 1.54) is 34.6 Å². The highest BCUT2D eigenvalue weighted by Gasteiger charge is 2.30. The molecule has 3 aromatic rings. The Bertz CT molecular complexity index is 1090. The molecule has 152 valence electrons. The van der Waals surface area contributed by atoms with Gasteiger partial charge in [0.05, 0.1) is 12.7 Å². The number of oxazole rings is 1. The summed E-state index contributed by atoms with van der Waals surface area (Å²) in [7, 11) is -3.86. The van der Waals surface area contributed by atoms with E-state index in [9.17, 15) is 17.2 Å². The van der Waals surface area contributed by atoms with Gasteiger partial charge in [0.1, 0.15) is 16.5 Å². The molecular formula is C20H19F2N3O3S. The molecule has 1 aliphatic heterocycles. The second kappa shape index (κ2) is 8.02. The van der Waals surface area contributed by atoms with Crippen LogP contribution in [0.4, 0.5) is 8.78 Å². The zero-order valence-electron chi connectivity index (χ0n) is 15.5. The van der Waals surface area contributed by atoms with Gasteiger partial charge in [-0.25, -0.2) is 22.2 Å². The Kier molecular flexibility index (Phi) is 5.44. The number of hydrogen-bond acceptors (Lipinski definition) is 5. The SMILES string of the molecule is O=S(=O)(c1ccccc1F)N1CCN(Cc2ncc(-c3ccc(F)cc3)o2)CC1. The van der Waals surface area contributed by atoms with E-state index >= 15 is 0 Å². The maximum atomic E-state index is 13.9. The maximum Gasteiger partial charge on any atom is 0.246 e. The number of aromatic nitrogens is 1. The summed E-state index contributed by atoms with van der Waals surface area (Å²) >= 11 is 0. The molecule has 2 aromatic carbocycles. The topological polar surface area (TPSA) is 66.7 Å². The summed E-state index contributed by atoms with van der Waals surface area (Å²) < 4.78 is 59.3. The van der Waals surface area contributed by atoms with Crippen molar-refractivity contribution in [3.05, 3.63) is 72.3 Å². The first-order valence-corrected chi connectivity index (χ1v) is 10.6. The van der Waals surface area contributed by atoms with Crippen molar-refractivity contribution >= 4 is 10.0 Å². The molecule has 0 spiro atoms. The van der Waals surface area contributed by atoms with Crippen LogP contribution in [0.25, 0.3) is 11.3 Å². The minimum atomic E-state index is -3.86. The van der Waals surface area contributed by atoms with Crippen molar-refractivity contribution in [2.24, 2.45) is 0 Å². The molecule has 4 rings (SSSR count). The molecule has 0 amide bonds. The van der Waals surface area contributed by atoms with Crippen LogP contribution in [-0.2, 0) is 16.6 Å². The fraction of sp³-hybridized carbons (Fsp3) is 0.250. The van der Waals surface area contributed by atoms with Gasteiger partial charge in [-0.15, -0.1) is 0 Å². The molecular weight excluding hydrogens is 400 g/mol. The Morgan fingerprint density at radius 2 is 1.66 bits per heavy atom. The lowest BCUT2D eigenvalue weighted by atomic mass is 10.2. The van der Waals surface area contributed by atoms with Crippen LogP contribution < -0.4 is 0 Å². The van der Waals surface area contributed by atoms with Gasteiger partial charge in [0, 0.05) is 31.7 Å². The fourth-order valence-corrected chi connectivity index (χ4v) is 4.73. The first-order valence-electron chi connectivity index (χ1n) is 9.11. The fourth-order valence-electron chi connectivity index (χ4n) is 3.24. The van der Waals surface area contributed by atoms with Crippen LogP contribution in [0.15, 0.2) is 64.0 Å². The normalized spacial score (nSPS) is 16.2. The van der Waals surface area contributed by atoms with Gasteiger partial charge in [-0.1, -0.05) is 12.1 Å². The summed E-state index contributed by atoms with van der Waals surface area (Å²) in [5, 5.41) is 0. The molecule has 0 aliphatic carbocycles. The van der Waals surface area contributed by atoms with Crippen molar-refractivity contribution in [3.63, 3.8) is 0 Å². The van der Waals surface area contributed by atoms with Gasteiger partial charge in [0.25, 0.3) is 0 Å². The van der Waals surface area contributed by atoms with Crippen LogP contribution in [0, 0.1) is 11.6 Å². The highest BCUT2D eigenvalue weighted by Crippen LogP contribution is 2.23. The Labute approximate surface area is 167 Å². The number of nitrogens with zero attached hydrogens (tertiary/aromatic N) is 3. The largest absolute Gasteiger partial charge is 0.439 e. The van der Waals surface area contributed by atoms with Gasteiger partial charge >= 0.3 is 0 Å². The molecule has 1 aliphatic rings. The minimum absolute atomic E-state index is 0.252. The Hall–Kier alpha value is -2.62. The van der Waals surface area contributed by atoms with E-state index in [2.05, 4.69) is 4.98 Å². The standard InChI is InChI=1S/C20H19F2N3O3S/c21-16-7-5-15(6-8-16)18-13-23-20(28-18)14-24-9-11-25(12-10-24)29(26,27)19-4-2-1-3-17(19)22/h1-8,13H,9-12,14H2. The third kappa shape index (κ3) is 4.21. The predicted molar refractivity (Wildman–Crippen MR) is 102 cm³/mol. The molecule has 1 fully saturated rings. The summed E-state index contributed by atoms with van der Waals surface area (Å²) in [6.07, 6.45) is 1.58. The van der Waals surface area contributed by atoms with Crippen LogP contribution in [0.1, 0.15) is 5.89 Å². The maximum absolute atomic E-state index is 13.9. The van der Waals surface area contributed by atoms with E-state index in [0.29, 0.717) is 31.3 Å². The Morgan fingerprint density at radius 3 is 2.34 bits per heavy atom. The molecule has 0 bridgehead atoms. The number of halogens is 2. The lowest BCUT2D eigenvalue weighted by molar-refractivity contribution is 0.168. The zero-order valence-corrected chi connectivity index (χ0v) is 16.3. The average molecular weight is 419 g/mol. The third-order valence-corrected chi connectivity index (χ3v) is 6.76. The minimum Gasteiger partial charge on any atom is -0.439 e. The monoisotopic (exact) mass is 419 g/mol. The second-order valence-electron chi connectivity index (χ2n) is 6.74. The van der Waals surface area contributed by atoms with Gasteiger partial charge < -0.3 is 4.42 Å². The molecule has 0 N–H and O–H groups in total. The Balaban J connectivity index is 1.38. The summed E-state index contributed by atoms with van der Waals surface area (Å²) in [5.74, 6) is -0.0322. The molecule has 2 heterocycles. The van der Waals surface area contributed by atoms with E-state index in [1.54, 1.807) is 18.3 Å². The number of sulfonamides is 1. The highest BCUT2D eigenvalue weighted by molar-refractivity contribution is 7.89. The van der Waals surface area contributed by atoms with Gasteiger partial charge in [-0.2, -0.15) is 4.31 Å². The van der Waals surface area contributed by atoms with E-state index in [1.807, 2.05) is 4.90 Å². The van der Waals surface area contributed by atoms with Crippen molar-refractivity contribution in [2.75, 3.05) is 26.2 Å². The molecule has 0 radical (unpaired) electrons. The van der Waals surface area contributed by atoms with Crippen molar-refractivity contribution < 1.29 is 21.6 Å². The number of piperazine rings is 1. The molecule has 29 heavy (non-hydrogen) atoms. The lowest BCUT2D eigenvalue weighted by Crippen LogP contribution is -2.48. The molecule has 0 saturated carbocycles. The van der Waals surface area contributed by atoms with Crippen LogP contribution >= 0.6 is 0 Å². The van der Waals surface area contributed by atoms with Crippen molar-refractivity contribution in [1.29, 1.82) is 0 Å². The molecule has 1 aromatic heterocycles. The zero-order chi connectivity index (χ0) is 20.4. The van der Waals surface area contributed by atoms with Crippen molar-refractivity contribution in [1.82, 2.24) is 14.2 Å². The first kappa shape index (κ1) is 19.7.